The molecule has 2 aromatic carbocycles. The summed E-state index contributed by atoms with van der Waals surface area (Å²) in [6.45, 7) is 2.26. The van der Waals surface area contributed by atoms with E-state index in [0.29, 0.717) is 18.8 Å². The van der Waals surface area contributed by atoms with Gasteiger partial charge >= 0.3 is 0 Å². The van der Waals surface area contributed by atoms with Crippen molar-refractivity contribution in [2.24, 2.45) is 5.92 Å². The fraction of sp³-hybridized carbons (Fsp3) is 0.478. The summed E-state index contributed by atoms with van der Waals surface area (Å²) in [7, 11) is 0. The maximum Gasteiger partial charge on any atom is 0.194 e. The topological polar surface area (TPSA) is 0 Å². The van der Waals surface area contributed by atoms with Crippen LogP contribution in [0.15, 0.2) is 36.4 Å². The van der Waals surface area contributed by atoms with Gasteiger partial charge < -0.3 is 0 Å². The molecule has 1 fully saturated rings. The largest absolute Gasteiger partial charge is 0.204 e. The Bertz CT molecular complexity index is 713. The number of rotatable bonds is 6. The van der Waals surface area contributed by atoms with E-state index in [1.54, 1.807) is 0 Å². The van der Waals surface area contributed by atoms with Gasteiger partial charge in [-0.1, -0.05) is 50.1 Å². The molecule has 0 aliphatic heterocycles. The molecule has 0 atom stereocenters. The first kappa shape index (κ1) is 19.0. The van der Waals surface area contributed by atoms with Crippen LogP contribution >= 0.6 is 0 Å². The Kier molecular flexibility index (Phi) is 6.39. The minimum absolute atomic E-state index is 0.224. The molecule has 0 unspecified atom stereocenters. The maximum atomic E-state index is 13.7. The summed E-state index contributed by atoms with van der Waals surface area (Å²) >= 11 is 0. The highest BCUT2D eigenvalue weighted by molar-refractivity contribution is 5.27. The van der Waals surface area contributed by atoms with E-state index >= 15 is 0 Å². The third-order valence-electron chi connectivity index (χ3n) is 5.79. The molecule has 0 radical (unpaired) electrons. The molecular weight excluding hydrogens is 333 g/mol. The highest BCUT2D eigenvalue weighted by atomic mass is 19.2. The normalized spacial score (nSPS) is 20.3. The zero-order valence-electron chi connectivity index (χ0n) is 15.4. The molecule has 0 N–H and O–H groups in total. The Morgan fingerprint density at radius 1 is 0.808 bits per heavy atom. The second-order valence-electron chi connectivity index (χ2n) is 7.58. The summed E-state index contributed by atoms with van der Waals surface area (Å²) < 4.78 is 40.0. The van der Waals surface area contributed by atoms with E-state index < -0.39 is 17.5 Å². The summed E-state index contributed by atoms with van der Waals surface area (Å²) in [5.74, 6) is -2.02. The van der Waals surface area contributed by atoms with Crippen LogP contribution in [0.4, 0.5) is 13.2 Å². The molecule has 1 aliphatic rings. The van der Waals surface area contributed by atoms with E-state index in [1.165, 1.54) is 50.2 Å². The van der Waals surface area contributed by atoms with Crippen LogP contribution in [0.3, 0.4) is 0 Å². The van der Waals surface area contributed by atoms with Crippen LogP contribution in [-0.2, 0) is 12.8 Å². The first-order valence-electron chi connectivity index (χ1n) is 9.79. The Morgan fingerprint density at radius 2 is 1.50 bits per heavy atom. The lowest BCUT2D eigenvalue weighted by Crippen LogP contribution is -2.13. The fourth-order valence-electron chi connectivity index (χ4n) is 4.19. The van der Waals surface area contributed by atoms with Gasteiger partial charge in [0.1, 0.15) is 0 Å². The van der Waals surface area contributed by atoms with Crippen molar-refractivity contribution in [2.45, 2.75) is 64.2 Å². The van der Waals surface area contributed by atoms with Crippen molar-refractivity contribution >= 4 is 0 Å². The van der Waals surface area contributed by atoms with Crippen molar-refractivity contribution in [3.05, 3.63) is 70.5 Å². The van der Waals surface area contributed by atoms with Gasteiger partial charge in [-0.2, -0.15) is 0 Å². The zero-order valence-corrected chi connectivity index (χ0v) is 15.4. The SMILES string of the molecule is CCCC1CCC(c2ccc(CCc3ccc(F)c(F)c3F)cc2)CC1. The van der Waals surface area contributed by atoms with E-state index in [9.17, 15) is 13.2 Å². The average Bonchev–Trinajstić information content (AvgIpc) is 2.67. The van der Waals surface area contributed by atoms with Gasteiger partial charge in [0.15, 0.2) is 17.5 Å². The van der Waals surface area contributed by atoms with Gasteiger partial charge in [-0.25, -0.2) is 13.2 Å². The van der Waals surface area contributed by atoms with E-state index in [-0.39, 0.29) is 5.56 Å². The van der Waals surface area contributed by atoms with Gasteiger partial charge in [-0.15, -0.1) is 0 Å². The zero-order chi connectivity index (χ0) is 18.5. The predicted octanol–water partition coefficient (Wildman–Crippen LogP) is 6.96. The van der Waals surface area contributed by atoms with E-state index in [1.807, 2.05) is 0 Å². The molecule has 2 aromatic rings. The highest BCUT2D eigenvalue weighted by Crippen LogP contribution is 2.37. The van der Waals surface area contributed by atoms with Gasteiger partial charge in [0.2, 0.25) is 0 Å². The molecular formula is C23H27F3. The minimum Gasteiger partial charge on any atom is -0.204 e. The van der Waals surface area contributed by atoms with E-state index in [0.717, 1.165) is 17.5 Å². The number of aryl methyl sites for hydroxylation is 2. The van der Waals surface area contributed by atoms with Gasteiger partial charge in [0.05, 0.1) is 0 Å². The Labute approximate surface area is 154 Å². The first-order valence-corrected chi connectivity index (χ1v) is 9.79. The molecule has 0 heterocycles. The number of halogens is 3. The summed E-state index contributed by atoms with van der Waals surface area (Å²) in [5, 5.41) is 0. The molecule has 0 aromatic heterocycles. The van der Waals surface area contributed by atoms with Gasteiger partial charge in [-0.05, 0) is 73.1 Å². The van der Waals surface area contributed by atoms with Gasteiger partial charge in [-0.3, -0.25) is 0 Å². The molecule has 3 heteroatoms. The number of hydrogen-bond donors (Lipinski definition) is 0. The van der Waals surface area contributed by atoms with Crippen molar-refractivity contribution in [3.63, 3.8) is 0 Å². The monoisotopic (exact) mass is 360 g/mol. The lowest BCUT2D eigenvalue weighted by atomic mass is 9.77. The van der Waals surface area contributed by atoms with Crippen molar-refractivity contribution in [1.29, 1.82) is 0 Å². The summed E-state index contributed by atoms with van der Waals surface area (Å²) in [5.41, 5.74) is 2.71. The molecule has 0 amide bonds. The quantitative estimate of drug-likeness (QED) is 0.488. The molecule has 1 saturated carbocycles. The van der Waals surface area contributed by atoms with Crippen LogP contribution < -0.4 is 0 Å². The number of benzene rings is 2. The Morgan fingerprint density at radius 3 is 2.15 bits per heavy atom. The standard InChI is InChI=1S/C23H27F3/c1-2-3-16-4-9-18(10-5-16)19-11-6-17(7-12-19)8-13-20-14-15-21(24)23(26)22(20)25/h6-7,11-12,14-16,18H,2-5,8-10,13H2,1H3. The molecule has 140 valence electrons. The van der Waals surface area contributed by atoms with Gasteiger partial charge in [0.25, 0.3) is 0 Å². The van der Waals surface area contributed by atoms with E-state index in [4.69, 9.17) is 0 Å². The Hall–Kier alpha value is -1.77. The molecule has 1 aliphatic carbocycles. The van der Waals surface area contributed by atoms with Crippen LogP contribution in [0.1, 0.15) is 68.1 Å². The van der Waals surface area contributed by atoms with Crippen LogP contribution in [0.2, 0.25) is 0 Å². The van der Waals surface area contributed by atoms with Crippen LogP contribution in [0.5, 0.6) is 0 Å². The van der Waals surface area contributed by atoms with Crippen LogP contribution in [0.25, 0.3) is 0 Å². The fourth-order valence-corrected chi connectivity index (χ4v) is 4.19. The summed E-state index contributed by atoms with van der Waals surface area (Å²) in [6, 6.07) is 10.9. The van der Waals surface area contributed by atoms with Crippen molar-refractivity contribution < 1.29 is 13.2 Å². The van der Waals surface area contributed by atoms with Crippen LogP contribution in [-0.4, -0.2) is 0 Å². The smallest absolute Gasteiger partial charge is 0.194 e. The van der Waals surface area contributed by atoms with Crippen LogP contribution in [0, 0.1) is 23.4 Å². The lowest BCUT2D eigenvalue weighted by molar-refractivity contribution is 0.308. The highest BCUT2D eigenvalue weighted by Gasteiger charge is 2.21. The average molecular weight is 360 g/mol. The van der Waals surface area contributed by atoms with Crippen molar-refractivity contribution in [2.75, 3.05) is 0 Å². The molecule has 26 heavy (non-hydrogen) atoms. The third kappa shape index (κ3) is 4.49. The summed E-state index contributed by atoms with van der Waals surface area (Å²) in [4.78, 5) is 0. The molecule has 0 saturated heterocycles. The minimum atomic E-state index is -1.38. The molecule has 0 bridgehead atoms. The van der Waals surface area contributed by atoms with Crippen molar-refractivity contribution in [3.8, 4) is 0 Å². The summed E-state index contributed by atoms with van der Waals surface area (Å²) in [6.07, 6.45) is 8.81. The van der Waals surface area contributed by atoms with Crippen molar-refractivity contribution in [1.82, 2.24) is 0 Å². The molecule has 0 spiro atoms. The second-order valence-corrected chi connectivity index (χ2v) is 7.58. The Balaban J connectivity index is 1.56. The number of hydrogen-bond acceptors (Lipinski definition) is 0. The lowest BCUT2D eigenvalue weighted by Gasteiger charge is -2.28. The maximum absolute atomic E-state index is 13.7. The third-order valence-corrected chi connectivity index (χ3v) is 5.79. The first-order chi connectivity index (χ1) is 12.6. The molecule has 3 rings (SSSR count). The second kappa shape index (κ2) is 8.75. The molecule has 0 nitrogen and oxygen atoms in total. The predicted molar refractivity (Wildman–Crippen MR) is 99.8 cm³/mol. The van der Waals surface area contributed by atoms with Gasteiger partial charge in [0, 0.05) is 0 Å². The van der Waals surface area contributed by atoms with E-state index in [2.05, 4.69) is 31.2 Å².